The van der Waals surface area contributed by atoms with Crippen molar-refractivity contribution in [3.05, 3.63) is 0 Å². The fourth-order valence-corrected chi connectivity index (χ4v) is 1.44. The van der Waals surface area contributed by atoms with Gasteiger partial charge in [-0.3, -0.25) is 4.79 Å². The van der Waals surface area contributed by atoms with Gasteiger partial charge in [0.05, 0.1) is 0 Å². The number of hydrogen-bond donors (Lipinski definition) is 0. The second-order valence-electron chi connectivity index (χ2n) is 3.00. The first kappa shape index (κ1) is 6.79. The Hall–Kier alpha value is -0.330. The highest BCUT2D eigenvalue weighted by atomic mass is 16.1. The highest BCUT2D eigenvalue weighted by molar-refractivity contribution is 5.81. The highest BCUT2D eigenvalue weighted by Crippen LogP contribution is 2.42. The molecular weight excluding hydrogens is 112 g/mol. The summed E-state index contributed by atoms with van der Waals surface area (Å²) >= 11 is 0. The zero-order valence-corrected chi connectivity index (χ0v) is 6.18. The largest absolute Gasteiger partial charge is 0.300 e. The Balaban J connectivity index is 2.17. The van der Waals surface area contributed by atoms with Crippen LogP contribution >= 0.6 is 0 Å². The van der Waals surface area contributed by atoms with E-state index in [4.69, 9.17) is 0 Å². The standard InChI is InChI=1S/C8H14O/c1-3-4-7-5-8(7)6(2)9/h7-8H,3-5H2,1-2H3/t7-,8-/m0/s1. The van der Waals surface area contributed by atoms with E-state index in [1.807, 2.05) is 0 Å². The van der Waals surface area contributed by atoms with E-state index in [9.17, 15) is 4.79 Å². The quantitative estimate of drug-likeness (QED) is 0.565. The van der Waals surface area contributed by atoms with Gasteiger partial charge in [0.1, 0.15) is 5.78 Å². The van der Waals surface area contributed by atoms with Crippen LogP contribution < -0.4 is 0 Å². The molecule has 0 bridgehead atoms. The smallest absolute Gasteiger partial charge is 0.133 e. The molecule has 0 saturated heterocycles. The Bertz CT molecular complexity index is 118. The number of rotatable bonds is 3. The molecule has 0 unspecified atom stereocenters. The van der Waals surface area contributed by atoms with Crippen LogP contribution in [-0.4, -0.2) is 5.78 Å². The second-order valence-corrected chi connectivity index (χ2v) is 3.00. The molecule has 0 aromatic heterocycles. The van der Waals surface area contributed by atoms with Gasteiger partial charge in [-0.25, -0.2) is 0 Å². The Kier molecular flexibility index (Phi) is 1.89. The van der Waals surface area contributed by atoms with Crippen LogP contribution in [0.25, 0.3) is 0 Å². The molecule has 0 radical (unpaired) electrons. The summed E-state index contributed by atoms with van der Waals surface area (Å²) in [6.45, 7) is 3.88. The third-order valence-corrected chi connectivity index (χ3v) is 2.10. The minimum atomic E-state index is 0.397. The average Bonchev–Trinajstić information content (AvgIpc) is 2.47. The molecule has 52 valence electrons. The van der Waals surface area contributed by atoms with Crippen LogP contribution in [0.1, 0.15) is 33.1 Å². The second kappa shape index (κ2) is 2.51. The normalized spacial score (nSPS) is 32.2. The van der Waals surface area contributed by atoms with Crippen LogP contribution in [0, 0.1) is 11.8 Å². The van der Waals surface area contributed by atoms with Gasteiger partial charge in [0.2, 0.25) is 0 Å². The first-order valence-corrected chi connectivity index (χ1v) is 3.76. The maximum atomic E-state index is 10.7. The van der Waals surface area contributed by atoms with Gasteiger partial charge in [-0.2, -0.15) is 0 Å². The molecule has 1 aliphatic rings. The van der Waals surface area contributed by atoms with Gasteiger partial charge in [0.25, 0.3) is 0 Å². The minimum absolute atomic E-state index is 0.397. The molecule has 0 aromatic carbocycles. The third-order valence-electron chi connectivity index (χ3n) is 2.10. The SMILES string of the molecule is CCC[C@H]1C[C@H]1C(C)=O. The number of ketones is 1. The van der Waals surface area contributed by atoms with Crippen LogP contribution in [0.2, 0.25) is 0 Å². The lowest BCUT2D eigenvalue weighted by atomic mass is 10.2. The van der Waals surface area contributed by atoms with Crippen LogP contribution in [0.3, 0.4) is 0 Å². The zero-order valence-electron chi connectivity index (χ0n) is 6.18. The van der Waals surface area contributed by atoms with Crippen molar-refractivity contribution in [2.75, 3.05) is 0 Å². The molecule has 0 aromatic rings. The Morgan fingerprint density at radius 1 is 1.67 bits per heavy atom. The van der Waals surface area contributed by atoms with Gasteiger partial charge in [0, 0.05) is 5.92 Å². The lowest BCUT2D eigenvalue weighted by molar-refractivity contribution is -0.118. The molecule has 1 fully saturated rings. The van der Waals surface area contributed by atoms with Crippen molar-refractivity contribution >= 4 is 5.78 Å². The number of carbonyl (C=O) groups is 1. The van der Waals surface area contributed by atoms with Crippen molar-refractivity contribution in [3.8, 4) is 0 Å². The Morgan fingerprint density at radius 2 is 2.33 bits per heavy atom. The maximum Gasteiger partial charge on any atom is 0.133 e. The molecule has 2 atom stereocenters. The fourth-order valence-electron chi connectivity index (χ4n) is 1.44. The molecule has 9 heavy (non-hydrogen) atoms. The number of hydrogen-bond acceptors (Lipinski definition) is 1. The summed E-state index contributed by atoms with van der Waals surface area (Å²) in [6, 6.07) is 0. The molecule has 0 aliphatic heterocycles. The zero-order chi connectivity index (χ0) is 6.85. The molecule has 1 nitrogen and oxygen atoms in total. The topological polar surface area (TPSA) is 17.1 Å². The summed E-state index contributed by atoms with van der Waals surface area (Å²) in [5.41, 5.74) is 0. The summed E-state index contributed by atoms with van der Waals surface area (Å²) in [5, 5.41) is 0. The van der Waals surface area contributed by atoms with Crippen LogP contribution in [-0.2, 0) is 4.79 Å². The van der Waals surface area contributed by atoms with Crippen LogP contribution in [0.5, 0.6) is 0 Å². The molecule has 1 aliphatic carbocycles. The number of Topliss-reactive ketones (excluding diaryl/α,β-unsaturated/α-hetero) is 1. The predicted octanol–water partition coefficient (Wildman–Crippen LogP) is 2.01. The molecule has 1 rings (SSSR count). The lowest BCUT2D eigenvalue weighted by Gasteiger charge is -1.90. The summed E-state index contributed by atoms with van der Waals surface area (Å²) in [6.07, 6.45) is 3.65. The van der Waals surface area contributed by atoms with Gasteiger partial charge in [-0.05, 0) is 25.7 Å². The van der Waals surface area contributed by atoms with Gasteiger partial charge in [0.15, 0.2) is 0 Å². The molecule has 0 amide bonds. The summed E-state index contributed by atoms with van der Waals surface area (Å²) in [4.78, 5) is 10.7. The van der Waals surface area contributed by atoms with E-state index in [-0.39, 0.29) is 0 Å². The van der Waals surface area contributed by atoms with Gasteiger partial charge in [-0.15, -0.1) is 0 Å². The first-order valence-electron chi connectivity index (χ1n) is 3.76. The maximum absolute atomic E-state index is 10.7. The molecule has 1 heteroatoms. The van der Waals surface area contributed by atoms with E-state index < -0.39 is 0 Å². The van der Waals surface area contributed by atoms with Gasteiger partial charge >= 0.3 is 0 Å². The van der Waals surface area contributed by atoms with Crippen molar-refractivity contribution in [1.29, 1.82) is 0 Å². The Labute approximate surface area is 56.4 Å². The number of carbonyl (C=O) groups excluding carboxylic acids is 1. The van der Waals surface area contributed by atoms with E-state index in [0.717, 1.165) is 5.92 Å². The molecule has 0 spiro atoms. The average molecular weight is 126 g/mol. The molecule has 0 heterocycles. The molecule has 1 saturated carbocycles. The van der Waals surface area contributed by atoms with E-state index >= 15 is 0 Å². The van der Waals surface area contributed by atoms with Crippen molar-refractivity contribution < 1.29 is 4.79 Å². The van der Waals surface area contributed by atoms with E-state index in [0.29, 0.717) is 11.7 Å². The molecular formula is C8H14O. The molecule has 0 N–H and O–H groups in total. The van der Waals surface area contributed by atoms with Crippen molar-refractivity contribution in [1.82, 2.24) is 0 Å². The summed E-state index contributed by atoms with van der Waals surface area (Å²) in [5.74, 6) is 1.60. The summed E-state index contributed by atoms with van der Waals surface area (Å²) in [7, 11) is 0. The van der Waals surface area contributed by atoms with Gasteiger partial charge < -0.3 is 0 Å². The Morgan fingerprint density at radius 3 is 2.67 bits per heavy atom. The van der Waals surface area contributed by atoms with Crippen LogP contribution in [0.15, 0.2) is 0 Å². The monoisotopic (exact) mass is 126 g/mol. The van der Waals surface area contributed by atoms with Crippen molar-refractivity contribution in [2.24, 2.45) is 11.8 Å². The predicted molar refractivity (Wildman–Crippen MR) is 37.2 cm³/mol. The first-order chi connectivity index (χ1) is 4.25. The van der Waals surface area contributed by atoms with E-state index in [1.165, 1.54) is 19.3 Å². The van der Waals surface area contributed by atoms with E-state index in [2.05, 4.69) is 6.92 Å². The fraction of sp³-hybridized carbons (Fsp3) is 0.875. The highest BCUT2D eigenvalue weighted by Gasteiger charge is 2.39. The van der Waals surface area contributed by atoms with Crippen molar-refractivity contribution in [2.45, 2.75) is 33.1 Å². The van der Waals surface area contributed by atoms with E-state index in [1.54, 1.807) is 6.92 Å². The third kappa shape index (κ3) is 1.54. The summed E-state index contributed by atoms with van der Waals surface area (Å²) < 4.78 is 0. The van der Waals surface area contributed by atoms with Crippen LogP contribution in [0.4, 0.5) is 0 Å². The van der Waals surface area contributed by atoms with Gasteiger partial charge in [-0.1, -0.05) is 13.3 Å². The van der Waals surface area contributed by atoms with Crippen molar-refractivity contribution in [3.63, 3.8) is 0 Å². The lowest BCUT2D eigenvalue weighted by Crippen LogP contribution is -1.94. The minimum Gasteiger partial charge on any atom is -0.300 e.